The highest BCUT2D eigenvalue weighted by molar-refractivity contribution is 5.85. The second-order valence-corrected chi connectivity index (χ2v) is 4.59. The van der Waals surface area contributed by atoms with Crippen LogP contribution in [0.25, 0.3) is 0 Å². The minimum atomic E-state index is -0.330. The fourth-order valence-electron chi connectivity index (χ4n) is 2.26. The van der Waals surface area contributed by atoms with Crippen molar-refractivity contribution in [3.8, 4) is 0 Å². The van der Waals surface area contributed by atoms with Crippen LogP contribution in [0.4, 0.5) is 11.5 Å². The molecule has 19 heavy (non-hydrogen) atoms. The summed E-state index contributed by atoms with van der Waals surface area (Å²) in [4.78, 5) is 18.4. The molecule has 1 aromatic heterocycles. The minimum absolute atomic E-state index is 0.0276. The molecule has 0 bridgehead atoms. The number of nitrogens with two attached hydrogens (primary N) is 1. The Morgan fingerprint density at radius 1 is 1.68 bits per heavy atom. The highest BCUT2D eigenvalue weighted by Gasteiger charge is 2.30. The predicted molar refractivity (Wildman–Crippen MR) is 74.0 cm³/mol. The second-order valence-electron chi connectivity index (χ2n) is 4.59. The number of pyridine rings is 1. The maximum atomic E-state index is 12.1. The van der Waals surface area contributed by atoms with Gasteiger partial charge in [-0.15, -0.1) is 0 Å². The lowest BCUT2D eigenvalue weighted by Crippen LogP contribution is -2.54. The van der Waals surface area contributed by atoms with Gasteiger partial charge in [-0.2, -0.15) is 0 Å². The number of anilines is 2. The first kappa shape index (κ1) is 13.6. The van der Waals surface area contributed by atoms with Gasteiger partial charge in [0.1, 0.15) is 11.9 Å². The van der Waals surface area contributed by atoms with Gasteiger partial charge in [-0.3, -0.25) is 4.79 Å². The largest absolute Gasteiger partial charge is 0.397 e. The van der Waals surface area contributed by atoms with Gasteiger partial charge in [0, 0.05) is 13.1 Å². The van der Waals surface area contributed by atoms with Crippen LogP contribution in [-0.2, 0) is 9.53 Å². The molecule has 2 rings (SSSR count). The highest BCUT2D eigenvalue weighted by atomic mass is 16.5. The molecule has 1 aliphatic heterocycles. The van der Waals surface area contributed by atoms with Crippen LogP contribution in [0.3, 0.4) is 0 Å². The van der Waals surface area contributed by atoms with Crippen molar-refractivity contribution in [1.29, 1.82) is 0 Å². The fourth-order valence-corrected chi connectivity index (χ4v) is 2.26. The van der Waals surface area contributed by atoms with Gasteiger partial charge in [0.15, 0.2) is 0 Å². The first-order chi connectivity index (χ1) is 9.13. The smallest absolute Gasteiger partial charge is 0.245 e. The van der Waals surface area contributed by atoms with Gasteiger partial charge >= 0.3 is 0 Å². The zero-order valence-electron chi connectivity index (χ0n) is 11.3. The lowest BCUT2D eigenvalue weighted by atomic mass is 10.1. The average molecular weight is 264 g/mol. The van der Waals surface area contributed by atoms with Gasteiger partial charge in [0.05, 0.1) is 25.1 Å². The molecule has 0 aliphatic carbocycles. The van der Waals surface area contributed by atoms with E-state index in [4.69, 9.17) is 10.5 Å². The SMILES string of the molecule is CCNC(=O)C1COCCN1c1ncc(N)cc1C. The maximum Gasteiger partial charge on any atom is 0.245 e. The Labute approximate surface area is 112 Å². The lowest BCUT2D eigenvalue weighted by molar-refractivity contribution is -0.124. The van der Waals surface area contributed by atoms with E-state index in [-0.39, 0.29) is 11.9 Å². The molecule has 1 aliphatic rings. The molecule has 1 atom stereocenters. The molecule has 0 saturated carbocycles. The summed E-state index contributed by atoms with van der Waals surface area (Å²) in [5.41, 5.74) is 7.31. The van der Waals surface area contributed by atoms with E-state index in [2.05, 4.69) is 10.3 Å². The van der Waals surface area contributed by atoms with Crippen LogP contribution in [0.15, 0.2) is 12.3 Å². The fraction of sp³-hybridized carbons (Fsp3) is 0.538. The summed E-state index contributed by atoms with van der Waals surface area (Å²) < 4.78 is 5.41. The van der Waals surface area contributed by atoms with Crippen LogP contribution >= 0.6 is 0 Å². The van der Waals surface area contributed by atoms with E-state index in [0.29, 0.717) is 32.0 Å². The Morgan fingerprint density at radius 2 is 2.47 bits per heavy atom. The van der Waals surface area contributed by atoms with Crippen molar-refractivity contribution in [2.45, 2.75) is 19.9 Å². The number of carbonyl (C=O) groups is 1. The van der Waals surface area contributed by atoms with Crippen molar-refractivity contribution in [2.24, 2.45) is 0 Å². The van der Waals surface area contributed by atoms with Gasteiger partial charge in [-0.25, -0.2) is 4.98 Å². The van der Waals surface area contributed by atoms with E-state index >= 15 is 0 Å². The van der Waals surface area contributed by atoms with Crippen LogP contribution in [-0.4, -0.2) is 43.2 Å². The van der Waals surface area contributed by atoms with Crippen LogP contribution in [0.2, 0.25) is 0 Å². The van der Waals surface area contributed by atoms with Crippen molar-refractivity contribution in [2.75, 3.05) is 36.9 Å². The second kappa shape index (κ2) is 5.88. The van der Waals surface area contributed by atoms with Crippen molar-refractivity contribution in [3.63, 3.8) is 0 Å². The van der Waals surface area contributed by atoms with E-state index < -0.39 is 0 Å². The Kier molecular flexibility index (Phi) is 4.21. The lowest BCUT2D eigenvalue weighted by Gasteiger charge is -2.36. The summed E-state index contributed by atoms with van der Waals surface area (Å²) in [7, 11) is 0. The zero-order chi connectivity index (χ0) is 13.8. The number of carbonyl (C=O) groups excluding carboxylic acids is 1. The molecule has 0 spiro atoms. The Balaban J connectivity index is 2.26. The maximum absolute atomic E-state index is 12.1. The van der Waals surface area contributed by atoms with Gasteiger partial charge in [-0.1, -0.05) is 0 Å². The summed E-state index contributed by atoms with van der Waals surface area (Å²) >= 11 is 0. The standard InChI is InChI=1S/C13H20N4O2/c1-3-15-13(18)11-8-19-5-4-17(11)12-9(2)6-10(14)7-16-12/h6-7,11H,3-5,8,14H2,1-2H3,(H,15,18). The number of nitrogens with one attached hydrogen (secondary N) is 1. The number of ether oxygens (including phenoxy) is 1. The Hall–Kier alpha value is -1.82. The number of aromatic nitrogens is 1. The third kappa shape index (κ3) is 2.96. The molecule has 2 heterocycles. The summed E-state index contributed by atoms with van der Waals surface area (Å²) in [5.74, 6) is 0.772. The number of aryl methyl sites for hydroxylation is 1. The molecular formula is C13H20N4O2. The Bertz CT molecular complexity index is 464. The average Bonchev–Trinajstić information content (AvgIpc) is 2.39. The molecule has 3 N–H and O–H groups in total. The molecule has 1 amide bonds. The molecule has 1 unspecified atom stereocenters. The molecule has 6 heteroatoms. The van der Waals surface area contributed by atoms with Crippen LogP contribution < -0.4 is 16.0 Å². The summed E-state index contributed by atoms with van der Waals surface area (Å²) in [6.45, 7) is 6.09. The molecule has 1 saturated heterocycles. The number of likely N-dealkylation sites (N-methyl/N-ethyl adjacent to an activating group) is 1. The number of morpholine rings is 1. The normalized spacial score (nSPS) is 19.3. The van der Waals surface area contributed by atoms with E-state index in [1.165, 1.54) is 0 Å². The Morgan fingerprint density at radius 3 is 3.16 bits per heavy atom. The van der Waals surface area contributed by atoms with Crippen LogP contribution in [0.5, 0.6) is 0 Å². The zero-order valence-corrected chi connectivity index (χ0v) is 11.3. The summed E-state index contributed by atoms with van der Waals surface area (Å²) in [5, 5.41) is 2.83. The highest BCUT2D eigenvalue weighted by Crippen LogP contribution is 2.22. The number of nitrogen functional groups attached to an aromatic ring is 1. The number of nitrogens with zero attached hydrogens (tertiary/aromatic N) is 2. The van der Waals surface area contributed by atoms with E-state index in [0.717, 1.165) is 11.4 Å². The number of hydrogen-bond acceptors (Lipinski definition) is 5. The van der Waals surface area contributed by atoms with Gasteiger partial charge in [0.2, 0.25) is 5.91 Å². The van der Waals surface area contributed by atoms with E-state index in [1.54, 1.807) is 6.20 Å². The first-order valence-corrected chi connectivity index (χ1v) is 6.47. The predicted octanol–water partition coefficient (Wildman–Crippen LogP) is 0.314. The van der Waals surface area contributed by atoms with Crippen molar-refractivity contribution in [1.82, 2.24) is 10.3 Å². The third-order valence-corrected chi connectivity index (χ3v) is 3.13. The van der Waals surface area contributed by atoms with Crippen LogP contribution in [0, 0.1) is 6.92 Å². The molecule has 6 nitrogen and oxygen atoms in total. The molecule has 104 valence electrons. The van der Waals surface area contributed by atoms with E-state index in [1.807, 2.05) is 24.8 Å². The monoisotopic (exact) mass is 264 g/mol. The van der Waals surface area contributed by atoms with Gasteiger partial charge < -0.3 is 20.7 Å². The van der Waals surface area contributed by atoms with Crippen molar-refractivity contribution >= 4 is 17.4 Å². The molecule has 0 radical (unpaired) electrons. The first-order valence-electron chi connectivity index (χ1n) is 6.47. The number of rotatable bonds is 3. The van der Waals surface area contributed by atoms with Gasteiger partial charge in [0.25, 0.3) is 0 Å². The summed E-state index contributed by atoms with van der Waals surface area (Å²) in [6.07, 6.45) is 1.62. The van der Waals surface area contributed by atoms with Crippen molar-refractivity contribution in [3.05, 3.63) is 17.8 Å². The molecule has 1 aromatic rings. The van der Waals surface area contributed by atoms with Crippen molar-refractivity contribution < 1.29 is 9.53 Å². The minimum Gasteiger partial charge on any atom is -0.397 e. The molecular weight excluding hydrogens is 244 g/mol. The van der Waals surface area contributed by atoms with Crippen LogP contribution in [0.1, 0.15) is 12.5 Å². The van der Waals surface area contributed by atoms with E-state index in [9.17, 15) is 4.79 Å². The number of hydrogen-bond donors (Lipinski definition) is 2. The quantitative estimate of drug-likeness (QED) is 0.821. The van der Waals surface area contributed by atoms with Gasteiger partial charge in [-0.05, 0) is 25.5 Å². The molecule has 0 aromatic carbocycles. The number of amides is 1. The molecule has 1 fully saturated rings. The summed E-state index contributed by atoms with van der Waals surface area (Å²) in [6, 6.07) is 1.54. The topological polar surface area (TPSA) is 80.5 Å². The third-order valence-electron chi connectivity index (χ3n) is 3.13.